The van der Waals surface area contributed by atoms with Crippen molar-refractivity contribution in [2.75, 3.05) is 0 Å². The van der Waals surface area contributed by atoms with Crippen molar-refractivity contribution in [3.05, 3.63) is 28.2 Å². The number of halogens is 1. The first kappa shape index (κ1) is 15.0. The second-order valence-electron chi connectivity index (χ2n) is 5.42. The zero-order valence-electron chi connectivity index (χ0n) is 11.9. The van der Waals surface area contributed by atoms with Crippen molar-refractivity contribution in [1.82, 2.24) is 20.2 Å². The van der Waals surface area contributed by atoms with Crippen LogP contribution < -0.4 is 5.73 Å². The average Bonchev–Trinajstić information content (AvgIpc) is 3.11. The molecule has 0 spiro atoms. The number of rotatable bonds is 4. The van der Waals surface area contributed by atoms with Crippen molar-refractivity contribution in [3.63, 3.8) is 0 Å². The molecule has 1 saturated carbocycles. The summed E-state index contributed by atoms with van der Waals surface area (Å²) in [5.74, 6) is 0. The topological polar surface area (TPSA) is 69.6 Å². The smallest absolute Gasteiger partial charge is 0.214 e. The van der Waals surface area contributed by atoms with E-state index in [1.807, 2.05) is 11.6 Å². The number of nitrogens with two attached hydrogens (primary N) is 1. The molecule has 3 rings (SSSR count). The van der Waals surface area contributed by atoms with Crippen LogP contribution in [0.15, 0.2) is 32.7 Å². The summed E-state index contributed by atoms with van der Waals surface area (Å²) in [7, 11) is 0. The van der Waals surface area contributed by atoms with Gasteiger partial charge >= 0.3 is 0 Å². The van der Waals surface area contributed by atoms with Crippen LogP contribution in [0.4, 0.5) is 0 Å². The Morgan fingerprint density at radius 2 is 2.14 bits per heavy atom. The maximum atomic E-state index is 5.91. The maximum Gasteiger partial charge on any atom is 0.214 e. The molecule has 2 aromatic rings. The number of hydrogen-bond donors (Lipinski definition) is 1. The SMILES string of the molecule is C[C@@H](N)c1ccc(Sc2nnnn2C2CCCC2)c(Br)c1. The van der Waals surface area contributed by atoms with Crippen LogP contribution in [-0.4, -0.2) is 20.2 Å². The first-order valence-corrected chi connectivity index (χ1v) is 8.77. The molecule has 5 nitrogen and oxygen atoms in total. The Morgan fingerprint density at radius 3 is 2.81 bits per heavy atom. The van der Waals surface area contributed by atoms with Gasteiger partial charge in [0.05, 0.1) is 6.04 Å². The second-order valence-corrected chi connectivity index (χ2v) is 7.29. The Morgan fingerprint density at radius 1 is 1.38 bits per heavy atom. The van der Waals surface area contributed by atoms with Crippen LogP contribution in [0.2, 0.25) is 0 Å². The van der Waals surface area contributed by atoms with E-state index < -0.39 is 0 Å². The van der Waals surface area contributed by atoms with Gasteiger partial charge in [0.2, 0.25) is 5.16 Å². The highest BCUT2D eigenvalue weighted by Gasteiger charge is 2.22. The van der Waals surface area contributed by atoms with E-state index in [1.54, 1.807) is 11.8 Å². The fourth-order valence-electron chi connectivity index (χ4n) is 2.61. The lowest BCUT2D eigenvalue weighted by Crippen LogP contribution is -2.08. The van der Waals surface area contributed by atoms with Crippen LogP contribution >= 0.6 is 27.7 Å². The van der Waals surface area contributed by atoms with E-state index in [9.17, 15) is 0 Å². The van der Waals surface area contributed by atoms with Gasteiger partial charge in [-0.25, -0.2) is 4.68 Å². The molecule has 1 heterocycles. The number of nitrogens with zero attached hydrogens (tertiary/aromatic N) is 4. The summed E-state index contributed by atoms with van der Waals surface area (Å²) in [5.41, 5.74) is 7.02. The van der Waals surface area contributed by atoms with Crippen LogP contribution in [0.5, 0.6) is 0 Å². The lowest BCUT2D eigenvalue weighted by Gasteiger charge is -2.12. The van der Waals surface area contributed by atoms with E-state index in [1.165, 1.54) is 25.7 Å². The molecule has 0 saturated heterocycles. The van der Waals surface area contributed by atoms with Crippen LogP contribution in [0.1, 0.15) is 50.3 Å². The minimum Gasteiger partial charge on any atom is -0.324 e. The molecule has 0 unspecified atom stereocenters. The predicted molar refractivity (Wildman–Crippen MR) is 86.2 cm³/mol. The summed E-state index contributed by atoms with van der Waals surface area (Å²) in [5, 5.41) is 13.0. The van der Waals surface area contributed by atoms with E-state index in [4.69, 9.17) is 5.73 Å². The van der Waals surface area contributed by atoms with Gasteiger partial charge in [-0.15, -0.1) is 5.10 Å². The van der Waals surface area contributed by atoms with Crippen LogP contribution in [0.3, 0.4) is 0 Å². The van der Waals surface area contributed by atoms with E-state index in [0.717, 1.165) is 20.1 Å². The van der Waals surface area contributed by atoms with Crippen molar-refractivity contribution in [1.29, 1.82) is 0 Å². The molecule has 0 radical (unpaired) electrons. The predicted octanol–water partition coefficient (Wildman–Crippen LogP) is 3.72. The van der Waals surface area contributed by atoms with Crippen LogP contribution in [0, 0.1) is 0 Å². The molecule has 112 valence electrons. The van der Waals surface area contributed by atoms with Gasteiger partial charge in [-0.2, -0.15) is 0 Å². The monoisotopic (exact) mass is 367 g/mol. The summed E-state index contributed by atoms with van der Waals surface area (Å²) in [4.78, 5) is 1.11. The van der Waals surface area contributed by atoms with E-state index >= 15 is 0 Å². The van der Waals surface area contributed by atoms with Crippen LogP contribution in [0.25, 0.3) is 0 Å². The lowest BCUT2D eigenvalue weighted by molar-refractivity contribution is 0.423. The fraction of sp³-hybridized carbons (Fsp3) is 0.500. The largest absolute Gasteiger partial charge is 0.324 e. The zero-order valence-corrected chi connectivity index (χ0v) is 14.3. The van der Waals surface area contributed by atoms with Gasteiger partial charge in [-0.05, 0) is 75.6 Å². The molecule has 1 aromatic carbocycles. The Kier molecular flexibility index (Phi) is 4.61. The van der Waals surface area contributed by atoms with E-state index in [-0.39, 0.29) is 6.04 Å². The van der Waals surface area contributed by atoms with Crippen molar-refractivity contribution >= 4 is 27.7 Å². The molecule has 1 aliphatic rings. The summed E-state index contributed by atoms with van der Waals surface area (Å²) < 4.78 is 3.01. The van der Waals surface area contributed by atoms with Crippen LogP contribution in [-0.2, 0) is 0 Å². The normalized spacial score (nSPS) is 17.3. The summed E-state index contributed by atoms with van der Waals surface area (Å²) >= 11 is 5.21. The molecular formula is C14H18BrN5S. The zero-order chi connectivity index (χ0) is 14.8. The van der Waals surface area contributed by atoms with Gasteiger partial charge in [0.1, 0.15) is 0 Å². The number of tetrazole rings is 1. The number of hydrogen-bond acceptors (Lipinski definition) is 5. The summed E-state index contributed by atoms with van der Waals surface area (Å²) in [6.45, 7) is 1.98. The first-order chi connectivity index (χ1) is 10.1. The highest BCUT2D eigenvalue weighted by molar-refractivity contribution is 9.10. The highest BCUT2D eigenvalue weighted by atomic mass is 79.9. The Bertz CT molecular complexity index is 622. The molecule has 1 aromatic heterocycles. The third kappa shape index (κ3) is 3.30. The molecule has 1 aliphatic carbocycles. The van der Waals surface area contributed by atoms with Gasteiger partial charge in [0.25, 0.3) is 0 Å². The van der Waals surface area contributed by atoms with Crippen molar-refractivity contribution in [2.45, 2.75) is 54.7 Å². The molecular weight excluding hydrogens is 350 g/mol. The highest BCUT2D eigenvalue weighted by Crippen LogP contribution is 2.37. The molecule has 1 atom stereocenters. The maximum absolute atomic E-state index is 5.91. The molecule has 21 heavy (non-hydrogen) atoms. The average molecular weight is 368 g/mol. The Hall–Kier alpha value is -0.920. The Labute approximate surface area is 136 Å². The van der Waals surface area contributed by atoms with Crippen molar-refractivity contribution in [3.8, 4) is 0 Å². The van der Waals surface area contributed by atoms with E-state index in [0.29, 0.717) is 6.04 Å². The third-order valence-electron chi connectivity index (χ3n) is 3.82. The van der Waals surface area contributed by atoms with E-state index in [2.05, 4.69) is 49.7 Å². The summed E-state index contributed by atoms with van der Waals surface area (Å²) in [6, 6.07) is 6.67. The first-order valence-electron chi connectivity index (χ1n) is 7.16. The van der Waals surface area contributed by atoms with Gasteiger partial charge in [0.15, 0.2) is 0 Å². The molecule has 1 fully saturated rings. The molecule has 2 N–H and O–H groups in total. The molecule has 0 bridgehead atoms. The third-order valence-corrected chi connectivity index (χ3v) is 5.76. The number of benzene rings is 1. The second kappa shape index (κ2) is 6.46. The molecule has 7 heteroatoms. The summed E-state index contributed by atoms with van der Waals surface area (Å²) in [6.07, 6.45) is 4.87. The lowest BCUT2D eigenvalue weighted by atomic mass is 10.1. The quantitative estimate of drug-likeness (QED) is 0.891. The molecule has 0 aliphatic heterocycles. The van der Waals surface area contributed by atoms with Gasteiger partial charge in [-0.1, -0.05) is 18.9 Å². The van der Waals surface area contributed by atoms with Gasteiger partial charge < -0.3 is 5.73 Å². The minimum absolute atomic E-state index is 0.0316. The van der Waals surface area contributed by atoms with Crippen molar-refractivity contribution in [2.24, 2.45) is 5.73 Å². The molecule has 0 amide bonds. The fourth-order valence-corrected chi connectivity index (χ4v) is 4.10. The Balaban J connectivity index is 1.82. The van der Waals surface area contributed by atoms with Crippen molar-refractivity contribution < 1.29 is 0 Å². The standard InChI is InChI=1S/C14H18BrN5S/c1-9(16)10-6-7-13(12(15)8-10)21-14-17-18-19-20(14)11-4-2-3-5-11/h6-9,11H,2-5,16H2,1H3/t9-/m1/s1. The minimum atomic E-state index is 0.0316. The number of aromatic nitrogens is 4. The van der Waals surface area contributed by atoms with Gasteiger partial charge in [0, 0.05) is 15.4 Å². The van der Waals surface area contributed by atoms with Gasteiger partial charge in [-0.3, -0.25) is 0 Å².